The van der Waals surface area contributed by atoms with E-state index in [0.29, 0.717) is 5.41 Å². The Morgan fingerprint density at radius 2 is 1.91 bits per heavy atom. The Morgan fingerprint density at radius 3 is 2.52 bits per heavy atom. The normalized spacial score (nSPS) is 19.7. The van der Waals surface area contributed by atoms with Crippen LogP contribution in [0.5, 0.6) is 0 Å². The molecule has 126 valence electrons. The van der Waals surface area contributed by atoms with Gasteiger partial charge in [0, 0.05) is 13.1 Å². The molecule has 1 aliphatic carbocycles. The first kappa shape index (κ1) is 16.4. The van der Waals surface area contributed by atoms with Crippen LogP contribution >= 0.6 is 0 Å². The molecule has 3 heteroatoms. The Hall–Kier alpha value is -1.51. The minimum absolute atomic E-state index is 0.159. The van der Waals surface area contributed by atoms with E-state index in [9.17, 15) is 4.79 Å². The molecule has 0 unspecified atom stereocenters. The second kappa shape index (κ2) is 5.85. The highest BCUT2D eigenvalue weighted by atomic mass is 16.6. The highest BCUT2D eigenvalue weighted by Gasteiger charge is 2.42. The van der Waals surface area contributed by atoms with Crippen LogP contribution in [0.4, 0.5) is 4.79 Å². The molecule has 0 atom stereocenters. The van der Waals surface area contributed by atoms with Gasteiger partial charge in [-0.2, -0.15) is 0 Å². The lowest BCUT2D eigenvalue weighted by Crippen LogP contribution is -2.46. The summed E-state index contributed by atoms with van der Waals surface area (Å²) in [6, 6.07) is 7.02. The third-order valence-electron chi connectivity index (χ3n) is 5.40. The Labute approximate surface area is 140 Å². The number of fused-ring (bicyclic) bond motifs is 2. The number of piperidine rings is 1. The molecule has 1 aromatic rings. The highest BCUT2D eigenvalue weighted by Crippen LogP contribution is 2.46. The first-order valence-corrected chi connectivity index (χ1v) is 8.93. The Kier molecular flexibility index (Phi) is 4.16. The Morgan fingerprint density at radius 1 is 1.22 bits per heavy atom. The molecule has 2 aliphatic rings. The fourth-order valence-electron chi connectivity index (χ4n) is 4.03. The summed E-state index contributed by atoms with van der Waals surface area (Å²) in [6.45, 7) is 9.62. The molecule has 3 nitrogen and oxygen atoms in total. The molecule has 23 heavy (non-hydrogen) atoms. The topological polar surface area (TPSA) is 29.5 Å². The van der Waals surface area contributed by atoms with E-state index in [-0.39, 0.29) is 6.09 Å². The number of rotatable bonds is 1. The van der Waals surface area contributed by atoms with Crippen LogP contribution in [0.3, 0.4) is 0 Å². The lowest BCUT2D eigenvalue weighted by molar-refractivity contribution is 0.0164. The van der Waals surface area contributed by atoms with Crippen molar-refractivity contribution in [3.63, 3.8) is 0 Å². The number of amides is 1. The van der Waals surface area contributed by atoms with Crippen molar-refractivity contribution in [3.05, 3.63) is 34.9 Å². The molecule has 1 heterocycles. The van der Waals surface area contributed by atoms with Gasteiger partial charge in [-0.15, -0.1) is 0 Å². The lowest BCUT2D eigenvalue weighted by Gasteiger charge is -2.40. The molecule has 1 spiro atoms. The predicted octanol–water partition coefficient (Wildman–Crippen LogP) is 4.46. The molecule has 1 fully saturated rings. The molecule has 0 radical (unpaired) electrons. The Bertz CT molecular complexity index is 592. The number of hydrogen-bond donors (Lipinski definition) is 0. The van der Waals surface area contributed by atoms with Gasteiger partial charge >= 0.3 is 6.09 Å². The molecule has 0 N–H and O–H groups in total. The third kappa shape index (κ3) is 3.24. The maximum atomic E-state index is 12.3. The van der Waals surface area contributed by atoms with Crippen molar-refractivity contribution in [2.45, 2.75) is 70.8 Å². The molecule has 0 saturated carbocycles. The fourth-order valence-corrected chi connectivity index (χ4v) is 4.03. The summed E-state index contributed by atoms with van der Waals surface area (Å²) in [5.74, 6) is 0. The van der Waals surface area contributed by atoms with E-state index in [4.69, 9.17) is 4.74 Å². The summed E-state index contributed by atoms with van der Waals surface area (Å²) in [4.78, 5) is 14.2. The molecule has 1 aromatic carbocycles. The van der Waals surface area contributed by atoms with Crippen molar-refractivity contribution >= 4 is 6.09 Å². The first-order valence-electron chi connectivity index (χ1n) is 8.93. The van der Waals surface area contributed by atoms with E-state index >= 15 is 0 Å². The van der Waals surface area contributed by atoms with Crippen molar-refractivity contribution in [2.75, 3.05) is 13.1 Å². The van der Waals surface area contributed by atoms with Gasteiger partial charge in [0.05, 0.1) is 0 Å². The Balaban J connectivity index is 1.72. The van der Waals surface area contributed by atoms with Gasteiger partial charge in [0.15, 0.2) is 0 Å². The number of hydrogen-bond acceptors (Lipinski definition) is 2. The quantitative estimate of drug-likeness (QED) is 0.765. The summed E-state index contributed by atoms with van der Waals surface area (Å²) in [5, 5.41) is 0. The first-order chi connectivity index (χ1) is 10.8. The van der Waals surface area contributed by atoms with E-state index in [0.717, 1.165) is 32.4 Å². The number of likely N-dealkylation sites (tertiary alicyclic amines) is 1. The standard InChI is InChI=1S/C20H29NO2/c1-5-15-6-7-16-8-9-20(17(16)14-15)10-12-21(13-11-20)18(22)23-19(2,3)4/h6-7,14H,5,8-13H2,1-4H3. The van der Waals surface area contributed by atoms with Gasteiger partial charge in [-0.25, -0.2) is 4.79 Å². The third-order valence-corrected chi connectivity index (χ3v) is 5.40. The summed E-state index contributed by atoms with van der Waals surface area (Å²) >= 11 is 0. The predicted molar refractivity (Wildman–Crippen MR) is 92.9 cm³/mol. The van der Waals surface area contributed by atoms with Gasteiger partial charge in [0.2, 0.25) is 0 Å². The van der Waals surface area contributed by atoms with Crippen molar-refractivity contribution in [1.29, 1.82) is 0 Å². The maximum Gasteiger partial charge on any atom is 0.410 e. The van der Waals surface area contributed by atoms with Crippen molar-refractivity contribution in [2.24, 2.45) is 0 Å². The summed E-state index contributed by atoms with van der Waals surface area (Å²) in [6.07, 6.45) is 5.48. The minimum atomic E-state index is -0.414. The van der Waals surface area contributed by atoms with Crippen LogP contribution in [0, 0.1) is 0 Å². The zero-order valence-electron chi connectivity index (χ0n) is 14.9. The molecular weight excluding hydrogens is 286 g/mol. The van der Waals surface area contributed by atoms with Gasteiger partial charge in [0.25, 0.3) is 0 Å². The molecule has 1 saturated heterocycles. The zero-order chi connectivity index (χ0) is 16.7. The number of benzene rings is 1. The van der Waals surface area contributed by atoms with E-state index in [2.05, 4.69) is 25.1 Å². The highest BCUT2D eigenvalue weighted by molar-refractivity contribution is 5.68. The van der Waals surface area contributed by atoms with Crippen LogP contribution in [0.1, 0.15) is 63.6 Å². The molecule has 0 bridgehead atoms. The molecule has 1 amide bonds. The largest absolute Gasteiger partial charge is 0.444 e. The van der Waals surface area contributed by atoms with Gasteiger partial charge in [-0.3, -0.25) is 0 Å². The smallest absolute Gasteiger partial charge is 0.410 e. The van der Waals surface area contributed by atoms with Crippen molar-refractivity contribution < 1.29 is 9.53 Å². The average Bonchev–Trinajstić information content (AvgIpc) is 2.84. The zero-order valence-corrected chi connectivity index (χ0v) is 14.9. The van der Waals surface area contributed by atoms with E-state index < -0.39 is 5.60 Å². The second-order valence-electron chi connectivity index (χ2n) is 8.09. The van der Waals surface area contributed by atoms with Gasteiger partial charge in [-0.1, -0.05) is 25.1 Å². The van der Waals surface area contributed by atoms with E-state index in [1.807, 2.05) is 25.7 Å². The molecule has 0 aromatic heterocycles. The van der Waals surface area contributed by atoms with Crippen molar-refractivity contribution in [1.82, 2.24) is 4.90 Å². The van der Waals surface area contributed by atoms with E-state index in [1.165, 1.54) is 24.0 Å². The summed E-state index contributed by atoms with van der Waals surface area (Å²) in [5.41, 5.74) is 4.38. The number of carbonyl (C=O) groups excluding carboxylic acids is 1. The van der Waals surface area contributed by atoms with Crippen LogP contribution in [0.2, 0.25) is 0 Å². The molecular formula is C20H29NO2. The van der Waals surface area contributed by atoms with E-state index in [1.54, 1.807) is 5.56 Å². The SMILES string of the molecule is CCc1ccc2c(c1)C1(CC2)CCN(C(=O)OC(C)(C)C)CC1. The second-order valence-corrected chi connectivity index (χ2v) is 8.09. The molecule has 1 aliphatic heterocycles. The number of aryl methyl sites for hydroxylation is 2. The fraction of sp³-hybridized carbons (Fsp3) is 0.650. The summed E-state index contributed by atoms with van der Waals surface area (Å²) in [7, 11) is 0. The minimum Gasteiger partial charge on any atom is -0.444 e. The maximum absolute atomic E-state index is 12.3. The summed E-state index contributed by atoms with van der Waals surface area (Å²) < 4.78 is 5.52. The van der Waals surface area contributed by atoms with Crippen LogP contribution in [-0.4, -0.2) is 29.7 Å². The van der Waals surface area contributed by atoms with Gasteiger partial charge in [-0.05, 0) is 75.0 Å². The average molecular weight is 315 g/mol. The van der Waals surface area contributed by atoms with Crippen LogP contribution < -0.4 is 0 Å². The monoisotopic (exact) mass is 315 g/mol. The van der Waals surface area contributed by atoms with Crippen molar-refractivity contribution in [3.8, 4) is 0 Å². The van der Waals surface area contributed by atoms with Gasteiger partial charge < -0.3 is 9.64 Å². The van der Waals surface area contributed by atoms with Crippen LogP contribution in [0.25, 0.3) is 0 Å². The molecule has 3 rings (SSSR count). The lowest BCUT2D eigenvalue weighted by atomic mass is 9.73. The van der Waals surface area contributed by atoms with Crippen LogP contribution in [0.15, 0.2) is 18.2 Å². The number of carbonyl (C=O) groups is 1. The van der Waals surface area contributed by atoms with Crippen LogP contribution in [-0.2, 0) is 23.0 Å². The number of nitrogens with zero attached hydrogens (tertiary/aromatic N) is 1. The number of ether oxygens (including phenoxy) is 1. The van der Waals surface area contributed by atoms with Gasteiger partial charge in [0.1, 0.15) is 5.60 Å².